The van der Waals surface area contributed by atoms with E-state index in [1.165, 1.54) is 15.1 Å². The van der Waals surface area contributed by atoms with Crippen molar-refractivity contribution in [2.75, 3.05) is 20.2 Å². The van der Waals surface area contributed by atoms with Crippen LogP contribution in [-0.4, -0.2) is 20.2 Å². The van der Waals surface area contributed by atoms with Gasteiger partial charge in [-0.25, -0.2) is 0 Å². The van der Waals surface area contributed by atoms with E-state index in [1.54, 1.807) is 11.3 Å². The van der Waals surface area contributed by atoms with E-state index in [0.29, 0.717) is 12.0 Å². The molecule has 0 radical (unpaired) electrons. The average molecular weight is 276 g/mol. The van der Waals surface area contributed by atoms with E-state index in [4.69, 9.17) is 4.74 Å². The molecule has 1 aromatic heterocycles. The lowest BCUT2D eigenvalue weighted by Crippen LogP contribution is -2.20. The molecule has 2 unspecified atom stereocenters. The summed E-state index contributed by atoms with van der Waals surface area (Å²) >= 11 is 5.26. The van der Waals surface area contributed by atoms with Gasteiger partial charge in [-0.2, -0.15) is 0 Å². The van der Waals surface area contributed by atoms with Crippen LogP contribution in [0.4, 0.5) is 0 Å². The first kappa shape index (κ1) is 10.6. The van der Waals surface area contributed by atoms with Crippen molar-refractivity contribution in [3.8, 4) is 0 Å². The third-order valence-corrected chi connectivity index (χ3v) is 4.24. The summed E-state index contributed by atoms with van der Waals surface area (Å²) in [4.78, 5) is 1.34. The fourth-order valence-corrected chi connectivity index (χ4v) is 3.47. The summed E-state index contributed by atoms with van der Waals surface area (Å²) in [6.07, 6.45) is 1.47. The maximum Gasteiger partial charge on any atom is 0.0958 e. The fourth-order valence-electron chi connectivity index (χ4n) is 1.90. The minimum Gasteiger partial charge on any atom is -0.372 e. The molecule has 1 fully saturated rings. The van der Waals surface area contributed by atoms with Crippen LogP contribution in [0.1, 0.15) is 17.4 Å². The molecule has 14 heavy (non-hydrogen) atoms. The number of hydrogen-bond acceptors (Lipinski definition) is 3. The van der Waals surface area contributed by atoms with Gasteiger partial charge >= 0.3 is 0 Å². The van der Waals surface area contributed by atoms with Gasteiger partial charge in [-0.3, -0.25) is 0 Å². The van der Waals surface area contributed by atoms with Gasteiger partial charge in [-0.05, 0) is 41.5 Å². The molecular weight excluding hydrogens is 262 g/mol. The predicted molar refractivity (Wildman–Crippen MR) is 62.7 cm³/mol. The maximum atomic E-state index is 5.77. The summed E-state index contributed by atoms with van der Waals surface area (Å²) in [7, 11) is 2.00. The molecule has 2 rings (SSSR count). The highest BCUT2D eigenvalue weighted by atomic mass is 79.9. The molecule has 2 atom stereocenters. The highest BCUT2D eigenvalue weighted by Gasteiger charge is 2.29. The minimum atomic E-state index is 0.304. The first-order valence-electron chi connectivity index (χ1n) is 4.82. The second-order valence-electron chi connectivity index (χ2n) is 3.54. The van der Waals surface area contributed by atoms with E-state index in [1.807, 2.05) is 7.05 Å². The van der Waals surface area contributed by atoms with Gasteiger partial charge in [0.1, 0.15) is 0 Å². The summed E-state index contributed by atoms with van der Waals surface area (Å²) < 4.78 is 6.95. The van der Waals surface area contributed by atoms with Gasteiger partial charge in [0.25, 0.3) is 0 Å². The molecule has 0 spiro atoms. The largest absolute Gasteiger partial charge is 0.372 e. The van der Waals surface area contributed by atoms with Crippen molar-refractivity contribution < 1.29 is 4.74 Å². The molecule has 1 saturated heterocycles. The summed E-state index contributed by atoms with van der Waals surface area (Å²) in [6.45, 7) is 1.94. The van der Waals surface area contributed by atoms with Gasteiger partial charge in [0.2, 0.25) is 0 Å². The smallest absolute Gasteiger partial charge is 0.0958 e. The van der Waals surface area contributed by atoms with Crippen LogP contribution in [0.25, 0.3) is 0 Å². The molecule has 0 amide bonds. The van der Waals surface area contributed by atoms with Crippen molar-refractivity contribution in [2.45, 2.75) is 12.5 Å². The van der Waals surface area contributed by atoms with E-state index in [0.717, 1.165) is 13.2 Å². The van der Waals surface area contributed by atoms with E-state index in [-0.39, 0.29) is 0 Å². The average Bonchev–Trinajstić information content (AvgIpc) is 2.74. The number of hydrogen-bond donors (Lipinski definition) is 1. The predicted octanol–water partition coefficient (Wildman–Crippen LogP) is 2.81. The maximum absolute atomic E-state index is 5.77. The van der Waals surface area contributed by atoms with Gasteiger partial charge in [-0.15, -0.1) is 11.3 Å². The Bertz CT molecular complexity index is 302. The summed E-state index contributed by atoms with van der Waals surface area (Å²) in [5.74, 6) is 0.630. The van der Waals surface area contributed by atoms with Gasteiger partial charge in [0.15, 0.2) is 0 Å². The molecule has 1 N–H and O–H groups in total. The zero-order valence-corrected chi connectivity index (χ0v) is 10.5. The molecule has 0 bridgehead atoms. The van der Waals surface area contributed by atoms with E-state index in [9.17, 15) is 0 Å². The first-order valence-corrected chi connectivity index (χ1v) is 6.43. The molecule has 0 aliphatic carbocycles. The van der Waals surface area contributed by atoms with Gasteiger partial charge in [-0.1, -0.05) is 0 Å². The van der Waals surface area contributed by atoms with Crippen LogP contribution in [0.15, 0.2) is 15.9 Å². The monoisotopic (exact) mass is 275 g/mol. The Morgan fingerprint density at radius 2 is 2.50 bits per heavy atom. The number of rotatable bonds is 3. The number of halogens is 1. The number of nitrogens with one attached hydrogen (secondary N) is 1. The van der Waals surface area contributed by atoms with Crippen LogP contribution in [-0.2, 0) is 4.74 Å². The Labute approximate surface area is 96.8 Å². The lowest BCUT2D eigenvalue weighted by molar-refractivity contribution is 0.0938. The normalized spacial score (nSPS) is 27.0. The lowest BCUT2D eigenvalue weighted by Gasteiger charge is -2.16. The van der Waals surface area contributed by atoms with Crippen molar-refractivity contribution in [1.82, 2.24) is 5.32 Å². The topological polar surface area (TPSA) is 21.3 Å². The van der Waals surface area contributed by atoms with E-state index < -0.39 is 0 Å². The molecule has 1 aromatic rings. The van der Waals surface area contributed by atoms with Gasteiger partial charge in [0.05, 0.1) is 9.89 Å². The van der Waals surface area contributed by atoms with Crippen molar-refractivity contribution in [1.29, 1.82) is 0 Å². The molecule has 1 aliphatic heterocycles. The SMILES string of the molecule is CNCC1CCOC1c1ccc(Br)s1. The Morgan fingerprint density at radius 3 is 3.14 bits per heavy atom. The molecule has 4 heteroatoms. The highest BCUT2D eigenvalue weighted by Crippen LogP contribution is 2.38. The second-order valence-corrected chi connectivity index (χ2v) is 6.03. The third kappa shape index (κ3) is 2.19. The Balaban J connectivity index is 2.09. The van der Waals surface area contributed by atoms with Crippen LogP contribution < -0.4 is 5.32 Å². The molecule has 2 heterocycles. The Kier molecular flexibility index (Phi) is 3.60. The zero-order chi connectivity index (χ0) is 9.97. The second kappa shape index (κ2) is 4.75. The first-order chi connectivity index (χ1) is 6.81. The summed E-state index contributed by atoms with van der Waals surface area (Å²) in [6, 6.07) is 4.26. The van der Waals surface area contributed by atoms with Crippen LogP contribution >= 0.6 is 27.3 Å². The molecule has 2 nitrogen and oxygen atoms in total. The molecule has 0 saturated carbocycles. The number of thiophene rings is 1. The van der Waals surface area contributed by atoms with Crippen LogP contribution in [0.5, 0.6) is 0 Å². The quantitative estimate of drug-likeness (QED) is 0.916. The van der Waals surface area contributed by atoms with E-state index in [2.05, 4.69) is 33.4 Å². The van der Waals surface area contributed by atoms with E-state index >= 15 is 0 Å². The Hall–Kier alpha value is 0.1000. The minimum absolute atomic E-state index is 0.304. The van der Waals surface area contributed by atoms with Crippen LogP contribution in [0.3, 0.4) is 0 Å². The fraction of sp³-hybridized carbons (Fsp3) is 0.600. The molecule has 1 aliphatic rings. The van der Waals surface area contributed by atoms with Crippen LogP contribution in [0, 0.1) is 5.92 Å². The van der Waals surface area contributed by atoms with Crippen molar-refractivity contribution in [3.63, 3.8) is 0 Å². The molecule has 0 aromatic carbocycles. The van der Waals surface area contributed by atoms with Crippen molar-refractivity contribution >= 4 is 27.3 Å². The third-order valence-electron chi connectivity index (χ3n) is 2.55. The van der Waals surface area contributed by atoms with Crippen molar-refractivity contribution in [3.05, 3.63) is 20.8 Å². The lowest BCUT2D eigenvalue weighted by atomic mass is 10.0. The zero-order valence-electron chi connectivity index (χ0n) is 8.13. The van der Waals surface area contributed by atoms with Gasteiger partial charge < -0.3 is 10.1 Å². The van der Waals surface area contributed by atoms with Gasteiger partial charge in [0, 0.05) is 23.9 Å². The standard InChI is InChI=1S/C10H14BrNOS/c1-12-6-7-4-5-13-10(7)8-2-3-9(11)14-8/h2-3,7,10,12H,4-6H2,1H3. The molecular formula is C10H14BrNOS. The van der Waals surface area contributed by atoms with Crippen LogP contribution in [0.2, 0.25) is 0 Å². The number of ether oxygens (including phenoxy) is 1. The summed E-state index contributed by atoms with van der Waals surface area (Å²) in [5.41, 5.74) is 0. The Morgan fingerprint density at radius 1 is 1.64 bits per heavy atom. The summed E-state index contributed by atoms with van der Waals surface area (Å²) in [5, 5.41) is 3.23. The highest BCUT2D eigenvalue weighted by molar-refractivity contribution is 9.11. The molecule has 78 valence electrons. The van der Waals surface area contributed by atoms with Crippen molar-refractivity contribution in [2.24, 2.45) is 5.92 Å².